The molecule has 7 N–H and O–H groups in total. The summed E-state index contributed by atoms with van der Waals surface area (Å²) in [6.07, 6.45) is 15.0. The lowest BCUT2D eigenvalue weighted by molar-refractivity contribution is -0.202. The Kier molecular flexibility index (Phi) is 12.4. The highest BCUT2D eigenvalue weighted by atomic mass is 33.1. The highest BCUT2D eigenvalue weighted by Crippen LogP contribution is 2.60. The molecule has 2 saturated carbocycles. The van der Waals surface area contributed by atoms with Gasteiger partial charge in [-0.2, -0.15) is 0 Å². The summed E-state index contributed by atoms with van der Waals surface area (Å²) in [5.41, 5.74) is 7.13. The number of aliphatic hydroxyl groups excluding tert-OH is 3. The van der Waals surface area contributed by atoms with Crippen LogP contribution in [-0.4, -0.2) is 112 Å². The van der Waals surface area contributed by atoms with Crippen molar-refractivity contribution in [3.8, 4) is 5.75 Å². The van der Waals surface area contributed by atoms with Crippen molar-refractivity contribution in [2.24, 2.45) is 29.4 Å². The molecule has 1 aromatic heterocycles. The third-order valence-electron chi connectivity index (χ3n) is 16.8. The van der Waals surface area contributed by atoms with Gasteiger partial charge in [0.05, 0.1) is 36.9 Å². The van der Waals surface area contributed by atoms with Crippen LogP contribution < -0.4 is 26.7 Å². The summed E-state index contributed by atoms with van der Waals surface area (Å²) in [6.45, 7) is 3.08. The number of rotatable bonds is 9. The van der Waals surface area contributed by atoms with Crippen LogP contribution in [0.1, 0.15) is 82.8 Å². The van der Waals surface area contributed by atoms with Crippen molar-refractivity contribution < 1.29 is 43.6 Å². The lowest BCUT2D eigenvalue weighted by Gasteiger charge is -2.62. The molecule has 10 atom stereocenters. The number of benzene rings is 1. The van der Waals surface area contributed by atoms with Crippen molar-refractivity contribution in [3.05, 3.63) is 98.2 Å². The summed E-state index contributed by atoms with van der Waals surface area (Å²) >= 11 is 0. The molecule has 0 radical (unpaired) electrons. The molecule has 67 heavy (non-hydrogen) atoms. The zero-order valence-electron chi connectivity index (χ0n) is 38.4. The summed E-state index contributed by atoms with van der Waals surface area (Å²) in [5, 5.41) is 39.1. The van der Waals surface area contributed by atoms with Crippen molar-refractivity contribution in [1.29, 1.82) is 0 Å². The number of fused-ring (bicyclic) bond motifs is 7. The van der Waals surface area contributed by atoms with Crippen LogP contribution in [-0.2, 0) is 31.0 Å². The zero-order valence-corrected chi connectivity index (χ0v) is 40.0. The normalized spacial score (nSPS) is 34.3. The van der Waals surface area contributed by atoms with Crippen LogP contribution in [0, 0.1) is 23.7 Å². The molecule has 1 spiro atoms. The van der Waals surface area contributed by atoms with E-state index in [1.807, 2.05) is 49.2 Å². The van der Waals surface area contributed by atoms with E-state index < -0.39 is 46.7 Å². The fraction of sp³-hybridized carbons (Fsp3) is 0.569. The highest BCUT2D eigenvalue weighted by Gasteiger charge is 2.68. The minimum atomic E-state index is -1.57. The molecule has 3 fully saturated rings. The maximum absolute atomic E-state index is 15.0. The molecule has 5 heterocycles. The molecule has 10 unspecified atom stereocenters. The molecular formula is C51H62N4O10S2. The zero-order chi connectivity index (χ0) is 47.0. The van der Waals surface area contributed by atoms with Gasteiger partial charge in [-0.05, 0) is 87.6 Å². The van der Waals surface area contributed by atoms with E-state index in [4.69, 9.17) is 19.6 Å². The number of carbonyl (C=O) groups is 3. The number of allylic oxidation sites excluding steroid dienone is 3. The second-order valence-corrected chi connectivity index (χ2v) is 22.6. The fourth-order valence-corrected chi connectivity index (χ4v) is 16.6. The molecule has 14 nitrogen and oxygen atoms in total. The topological polar surface area (TPSA) is 214 Å². The van der Waals surface area contributed by atoms with Gasteiger partial charge < -0.3 is 50.5 Å². The van der Waals surface area contributed by atoms with Crippen LogP contribution in [0.2, 0.25) is 0 Å². The average molecular weight is 955 g/mol. The first kappa shape index (κ1) is 46.4. The molecule has 8 aliphatic rings. The maximum Gasteiger partial charge on any atom is 0.340 e. The Hall–Kier alpha value is -4.32. The summed E-state index contributed by atoms with van der Waals surface area (Å²) in [7, 11) is 5.26. The first-order chi connectivity index (χ1) is 32.3. The Labute approximate surface area is 398 Å². The van der Waals surface area contributed by atoms with Crippen LogP contribution in [0.25, 0.3) is 11.0 Å². The number of nitrogens with one attached hydrogen (secondary N) is 2. The van der Waals surface area contributed by atoms with Gasteiger partial charge in [0.25, 0.3) is 0 Å². The number of amides is 1. The molecule has 4 aliphatic carbocycles. The van der Waals surface area contributed by atoms with Crippen LogP contribution in [0.5, 0.6) is 5.75 Å². The Morgan fingerprint density at radius 3 is 2.66 bits per heavy atom. The van der Waals surface area contributed by atoms with Gasteiger partial charge in [-0.25, -0.2) is 9.59 Å². The summed E-state index contributed by atoms with van der Waals surface area (Å²) < 4.78 is 20.4. The molecule has 1 aromatic carbocycles. The smallest absolute Gasteiger partial charge is 0.340 e. The third kappa shape index (κ3) is 7.37. The van der Waals surface area contributed by atoms with E-state index in [1.54, 1.807) is 46.7 Å². The number of dihydropyridines is 1. The van der Waals surface area contributed by atoms with Crippen molar-refractivity contribution in [2.75, 3.05) is 39.2 Å². The molecule has 4 aliphatic heterocycles. The largest absolute Gasteiger partial charge is 0.481 e. The van der Waals surface area contributed by atoms with Gasteiger partial charge in [0.2, 0.25) is 5.91 Å². The lowest BCUT2D eigenvalue weighted by atomic mass is 9.57. The SMILES string of the molecule is CC=C(CCO)C(=O)OC1(C)C(CO)C=C2CSSC3CC4C(=O)C=CC5C(C4NC)C3N5C(=O)CC3=C(C=C(N)NC3)C2C12Cc1cc3cc(C4(CCO)CCCCC4)c(=O)oc3cc1O2. The fourth-order valence-electron chi connectivity index (χ4n) is 13.5. The number of aliphatic hydroxyl groups is 3. The second kappa shape index (κ2) is 17.9. The third-order valence-corrected chi connectivity index (χ3v) is 19.6. The van der Waals surface area contributed by atoms with E-state index >= 15 is 4.79 Å². The number of carbonyl (C=O) groups excluding carboxylic acids is 3. The standard InChI is InChI=1S/C51H62N4O10S2/c1-4-27(10-14-56)47(61)65-49(2)32(25-58)17-31-26-66-67-40-20-34-37(59)9-8-36-43(45(34)53-3)46(40)55(36)42(60)19-30-24-54-41(52)21-33(30)44(31)51(49)23-29-16-28-18-35(48(62)63-38(28)22-39(29)64-51)50(13-15-57)11-6-5-7-12-50/h4,8-9,16-18,21-22,32,34,36,40,43-46,53-54,56-58H,5-7,10-15,19-20,23-26,52H2,1-3H3. The average Bonchev–Trinajstić information content (AvgIpc) is 3.67. The predicted molar refractivity (Wildman–Crippen MR) is 257 cm³/mol. The van der Waals surface area contributed by atoms with Gasteiger partial charge in [-0.15, -0.1) is 0 Å². The Balaban J connectivity index is 1.15. The monoisotopic (exact) mass is 954 g/mol. The molecule has 2 bridgehead atoms. The van der Waals surface area contributed by atoms with Gasteiger partial charge in [-0.1, -0.05) is 64.7 Å². The number of hydrogen-bond acceptors (Lipinski definition) is 15. The predicted octanol–water partition coefficient (Wildman–Crippen LogP) is 4.64. The first-order valence-electron chi connectivity index (χ1n) is 24.0. The Morgan fingerprint density at radius 1 is 1.12 bits per heavy atom. The number of nitrogens with two attached hydrogens (primary N) is 1. The van der Waals surface area contributed by atoms with Crippen LogP contribution >= 0.6 is 21.6 Å². The Morgan fingerprint density at radius 2 is 1.93 bits per heavy atom. The molecule has 1 saturated heterocycles. The summed E-state index contributed by atoms with van der Waals surface area (Å²) in [4.78, 5) is 59.0. The van der Waals surface area contributed by atoms with E-state index in [2.05, 4.69) is 10.6 Å². The van der Waals surface area contributed by atoms with Crippen molar-refractivity contribution >= 4 is 50.2 Å². The number of ether oxygens (including phenoxy) is 2. The number of ketones is 1. The van der Waals surface area contributed by atoms with E-state index in [1.165, 1.54) is 0 Å². The Bertz CT molecular complexity index is 2590. The number of esters is 1. The van der Waals surface area contributed by atoms with Crippen LogP contribution in [0.4, 0.5) is 0 Å². The molecule has 16 heteroatoms. The molecular weight excluding hydrogens is 893 g/mol. The van der Waals surface area contributed by atoms with E-state index in [9.17, 15) is 29.7 Å². The summed E-state index contributed by atoms with van der Waals surface area (Å²) in [6, 6.07) is 5.29. The number of nitrogens with zero attached hydrogens (tertiary/aromatic N) is 1. The molecule has 10 rings (SSSR count). The van der Waals surface area contributed by atoms with E-state index in [-0.39, 0.29) is 91.5 Å². The maximum atomic E-state index is 15.0. The molecule has 2 aromatic rings. The quantitative estimate of drug-likeness (QED) is 0.0665. The van der Waals surface area contributed by atoms with E-state index in [0.29, 0.717) is 46.7 Å². The molecule has 1 amide bonds. The van der Waals surface area contributed by atoms with Gasteiger partial charge >= 0.3 is 11.6 Å². The number of hydrogen-bond donors (Lipinski definition) is 6. The second-order valence-electron chi connectivity index (χ2n) is 20.0. The van der Waals surface area contributed by atoms with E-state index in [0.717, 1.165) is 54.4 Å². The summed E-state index contributed by atoms with van der Waals surface area (Å²) in [5.74, 6) is -0.891. The van der Waals surface area contributed by atoms with Gasteiger partial charge in [0, 0.05) is 95.4 Å². The first-order valence-corrected chi connectivity index (χ1v) is 26.4. The lowest BCUT2D eigenvalue weighted by Crippen LogP contribution is -2.75. The minimum Gasteiger partial charge on any atom is -0.481 e. The highest BCUT2D eigenvalue weighted by molar-refractivity contribution is 8.77. The van der Waals surface area contributed by atoms with Crippen LogP contribution in [0.15, 0.2) is 85.9 Å². The minimum absolute atomic E-state index is 0.0205. The van der Waals surface area contributed by atoms with Gasteiger partial charge in [0.15, 0.2) is 17.0 Å². The van der Waals surface area contributed by atoms with Crippen molar-refractivity contribution in [2.45, 2.75) is 118 Å². The van der Waals surface area contributed by atoms with Crippen LogP contribution in [0.3, 0.4) is 0 Å². The van der Waals surface area contributed by atoms with Gasteiger partial charge in [0.1, 0.15) is 11.3 Å². The van der Waals surface area contributed by atoms with Crippen molar-refractivity contribution in [1.82, 2.24) is 15.5 Å². The molecule has 358 valence electrons. The van der Waals surface area contributed by atoms with Crippen molar-refractivity contribution in [3.63, 3.8) is 0 Å². The van der Waals surface area contributed by atoms with Gasteiger partial charge in [-0.3, -0.25) is 9.59 Å².